The number of thiazole rings is 1. The normalized spacial score (nSPS) is 11.9. The van der Waals surface area contributed by atoms with Gasteiger partial charge in [0.1, 0.15) is 5.01 Å². The van der Waals surface area contributed by atoms with Crippen LogP contribution in [0.4, 0.5) is 0 Å². The van der Waals surface area contributed by atoms with Crippen LogP contribution < -0.4 is 0 Å². The predicted molar refractivity (Wildman–Crippen MR) is 95.8 cm³/mol. The summed E-state index contributed by atoms with van der Waals surface area (Å²) >= 11 is 2.94. The Hall–Kier alpha value is -2.31. The lowest BCUT2D eigenvalue weighted by Crippen LogP contribution is -2.24. The molecule has 0 N–H and O–H groups in total. The summed E-state index contributed by atoms with van der Waals surface area (Å²) in [5.74, 6) is -0.806. The fourth-order valence-corrected chi connectivity index (χ4v) is 3.71. The molecule has 4 nitrogen and oxygen atoms in total. The van der Waals surface area contributed by atoms with Crippen LogP contribution in [0.25, 0.3) is 9.88 Å². The van der Waals surface area contributed by atoms with Crippen LogP contribution >= 0.6 is 22.7 Å². The molecule has 0 saturated carbocycles. The average molecular weight is 357 g/mol. The maximum absolute atomic E-state index is 12.3. The van der Waals surface area contributed by atoms with Gasteiger partial charge in [-0.05, 0) is 25.3 Å². The minimum absolute atomic E-state index is 0.225. The number of esters is 1. The average Bonchev–Trinajstić information content (AvgIpc) is 3.26. The van der Waals surface area contributed by atoms with Crippen molar-refractivity contribution in [3.05, 3.63) is 64.0 Å². The molecule has 0 aliphatic carbocycles. The number of thiophene rings is 1. The number of carbonyl (C=O) groups is 2. The summed E-state index contributed by atoms with van der Waals surface area (Å²) in [5.41, 5.74) is 1.82. The number of rotatable bonds is 5. The zero-order valence-electron chi connectivity index (χ0n) is 13.2. The summed E-state index contributed by atoms with van der Waals surface area (Å²) in [7, 11) is 0. The third-order valence-electron chi connectivity index (χ3n) is 3.43. The van der Waals surface area contributed by atoms with Gasteiger partial charge in [0.25, 0.3) is 0 Å². The summed E-state index contributed by atoms with van der Waals surface area (Å²) in [6.07, 6.45) is -0.855. The summed E-state index contributed by atoms with van der Waals surface area (Å²) in [5, 5.41) is 4.38. The van der Waals surface area contributed by atoms with E-state index in [9.17, 15) is 9.59 Å². The summed E-state index contributed by atoms with van der Waals surface area (Å²) in [6.45, 7) is 3.53. The third-order valence-corrected chi connectivity index (χ3v) is 5.32. The van der Waals surface area contributed by atoms with Crippen molar-refractivity contribution in [3.63, 3.8) is 0 Å². The van der Waals surface area contributed by atoms with Gasteiger partial charge < -0.3 is 4.74 Å². The standard InChI is InChI=1S/C18H15NO3S2/c1-11-5-7-13(8-6-11)16(20)12(2)22-18(21)14-10-24-17(19-14)15-4-3-9-23-15/h3-10,12H,1-2H3/t12-/m0/s1. The lowest BCUT2D eigenvalue weighted by molar-refractivity contribution is 0.0314. The number of aryl methyl sites for hydroxylation is 1. The molecule has 122 valence electrons. The zero-order valence-corrected chi connectivity index (χ0v) is 14.8. The molecule has 0 spiro atoms. The minimum Gasteiger partial charge on any atom is -0.450 e. The summed E-state index contributed by atoms with van der Waals surface area (Å²) < 4.78 is 5.27. The Kier molecular flexibility index (Phi) is 4.87. The number of ketones is 1. The van der Waals surface area contributed by atoms with Crippen LogP contribution in [0.15, 0.2) is 47.2 Å². The number of hydrogen-bond donors (Lipinski definition) is 0. The van der Waals surface area contributed by atoms with E-state index in [1.165, 1.54) is 11.3 Å². The van der Waals surface area contributed by atoms with Gasteiger partial charge in [-0.1, -0.05) is 35.9 Å². The molecule has 0 bridgehead atoms. The fourth-order valence-electron chi connectivity index (χ4n) is 2.11. The van der Waals surface area contributed by atoms with Crippen molar-refractivity contribution >= 4 is 34.4 Å². The van der Waals surface area contributed by atoms with Gasteiger partial charge in [-0.25, -0.2) is 9.78 Å². The van der Waals surface area contributed by atoms with E-state index in [0.717, 1.165) is 15.4 Å². The second-order valence-corrected chi connectivity index (χ2v) is 7.10. The fraction of sp³-hybridized carbons (Fsp3) is 0.167. The van der Waals surface area contributed by atoms with Gasteiger partial charge in [0, 0.05) is 10.9 Å². The monoisotopic (exact) mass is 357 g/mol. The van der Waals surface area contributed by atoms with Crippen LogP contribution in [-0.4, -0.2) is 22.8 Å². The first-order chi connectivity index (χ1) is 11.5. The molecule has 0 radical (unpaired) electrons. The largest absolute Gasteiger partial charge is 0.450 e. The third kappa shape index (κ3) is 3.60. The molecular weight excluding hydrogens is 342 g/mol. The highest BCUT2D eigenvalue weighted by Crippen LogP contribution is 2.28. The molecule has 0 amide bonds. The van der Waals surface area contributed by atoms with Crippen molar-refractivity contribution < 1.29 is 14.3 Å². The van der Waals surface area contributed by atoms with Crippen molar-refractivity contribution in [2.45, 2.75) is 20.0 Å². The van der Waals surface area contributed by atoms with Crippen LogP contribution in [0, 0.1) is 6.92 Å². The van der Waals surface area contributed by atoms with E-state index in [1.807, 2.05) is 36.6 Å². The van der Waals surface area contributed by atoms with Crippen molar-refractivity contribution in [2.75, 3.05) is 0 Å². The molecule has 6 heteroatoms. The number of ether oxygens (including phenoxy) is 1. The van der Waals surface area contributed by atoms with Gasteiger partial charge >= 0.3 is 5.97 Å². The van der Waals surface area contributed by atoms with Gasteiger partial charge in [0.15, 0.2) is 11.8 Å². The Balaban J connectivity index is 1.68. The minimum atomic E-state index is -0.855. The lowest BCUT2D eigenvalue weighted by atomic mass is 10.1. The number of hydrogen-bond acceptors (Lipinski definition) is 6. The van der Waals surface area contributed by atoms with Crippen LogP contribution in [0.1, 0.15) is 33.3 Å². The Morgan fingerprint density at radius 1 is 1.12 bits per heavy atom. The van der Waals surface area contributed by atoms with E-state index < -0.39 is 12.1 Å². The van der Waals surface area contributed by atoms with Crippen LogP contribution in [0.2, 0.25) is 0 Å². The lowest BCUT2D eigenvalue weighted by Gasteiger charge is -2.11. The van der Waals surface area contributed by atoms with Gasteiger partial charge in [0.2, 0.25) is 5.78 Å². The maximum atomic E-state index is 12.3. The van der Waals surface area contributed by atoms with Crippen molar-refractivity contribution in [1.29, 1.82) is 0 Å². The first-order valence-electron chi connectivity index (χ1n) is 7.36. The second-order valence-electron chi connectivity index (χ2n) is 5.29. The second kappa shape index (κ2) is 7.07. The van der Waals surface area contributed by atoms with E-state index in [0.29, 0.717) is 5.56 Å². The van der Waals surface area contributed by atoms with Crippen molar-refractivity contribution in [1.82, 2.24) is 4.98 Å². The molecule has 3 rings (SSSR count). The molecule has 2 heterocycles. The highest BCUT2D eigenvalue weighted by Gasteiger charge is 2.22. The molecule has 0 fully saturated rings. The number of carbonyl (C=O) groups excluding carboxylic acids is 2. The van der Waals surface area contributed by atoms with Crippen LogP contribution in [0.5, 0.6) is 0 Å². The van der Waals surface area contributed by atoms with Gasteiger partial charge in [-0.2, -0.15) is 0 Å². The van der Waals surface area contributed by atoms with Gasteiger partial charge in [-0.15, -0.1) is 22.7 Å². The molecule has 1 atom stereocenters. The van der Waals surface area contributed by atoms with E-state index >= 15 is 0 Å². The predicted octanol–water partition coefficient (Wildman–Crippen LogP) is 4.61. The summed E-state index contributed by atoms with van der Waals surface area (Å²) in [4.78, 5) is 29.8. The quantitative estimate of drug-likeness (QED) is 0.494. The summed E-state index contributed by atoms with van der Waals surface area (Å²) in [6, 6.07) is 11.1. The molecule has 0 saturated heterocycles. The smallest absolute Gasteiger partial charge is 0.358 e. The van der Waals surface area contributed by atoms with Crippen LogP contribution in [-0.2, 0) is 4.74 Å². The van der Waals surface area contributed by atoms with E-state index in [-0.39, 0.29) is 11.5 Å². The molecular formula is C18H15NO3S2. The first-order valence-corrected chi connectivity index (χ1v) is 9.12. The topological polar surface area (TPSA) is 56.3 Å². The van der Waals surface area contributed by atoms with E-state index in [2.05, 4.69) is 4.98 Å². The van der Waals surface area contributed by atoms with Gasteiger partial charge in [0.05, 0.1) is 4.88 Å². The van der Waals surface area contributed by atoms with Crippen molar-refractivity contribution in [3.8, 4) is 9.88 Å². The number of aromatic nitrogens is 1. The first kappa shape index (κ1) is 16.5. The SMILES string of the molecule is Cc1ccc(C(=O)[C@H](C)OC(=O)c2csc(-c3cccs3)n2)cc1. The number of benzene rings is 1. The van der Waals surface area contributed by atoms with E-state index in [1.54, 1.807) is 35.8 Å². The Morgan fingerprint density at radius 3 is 2.54 bits per heavy atom. The highest BCUT2D eigenvalue weighted by atomic mass is 32.1. The molecule has 0 unspecified atom stereocenters. The Labute approximate surface area is 147 Å². The molecule has 24 heavy (non-hydrogen) atoms. The highest BCUT2D eigenvalue weighted by molar-refractivity contribution is 7.20. The van der Waals surface area contributed by atoms with Crippen LogP contribution in [0.3, 0.4) is 0 Å². The number of Topliss-reactive ketones (excluding diaryl/α,β-unsaturated/α-hetero) is 1. The molecule has 0 aliphatic rings. The number of nitrogens with zero attached hydrogens (tertiary/aromatic N) is 1. The molecule has 1 aromatic carbocycles. The molecule has 3 aromatic rings. The molecule has 2 aromatic heterocycles. The Morgan fingerprint density at radius 2 is 1.88 bits per heavy atom. The van der Waals surface area contributed by atoms with Gasteiger partial charge in [-0.3, -0.25) is 4.79 Å². The van der Waals surface area contributed by atoms with Crippen molar-refractivity contribution in [2.24, 2.45) is 0 Å². The van der Waals surface area contributed by atoms with E-state index in [4.69, 9.17) is 4.74 Å². The molecule has 0 aliphatic heterocycles. The zero-order chi connectivity index (χ0) is 17.1. The maximum Gasteiger partial charge on any atom is 0.358 e. The Bertz CT molecular complexity index is 851.